The molecule has 0 fully saturated rings. The third-order valence-corrected chi connectivity index (χ3v) is 2.10. The van der Waals surface area contributed by atoms with Crippen LogP contribution in [0.3, 0.4) is 0 Å². The van der Waals surface area contributed by atoms with E-state index in [-0.39, 0.29) is 18.3 Å². The second kappa shape index (κ2) is 6.05. The Hall–Kier alpha value is -1.82. The summed E-state index contributed by atoms with van der Waals surface area (Å²) < 4.78 is 9.83. The first-order chi connectivity index (χ1) is 8.04. The number of carboxylic acids is 1. The minimum absolute atomic E-state index is 0.120. The molecule has 6 heteroatoms. The van der Waals surface area contributed by atoms with Crippen LogP contribution in [-0.2, 0) is 16.1 Å². The molecule has 0 saturated carbocycles. The van der Waals surface area contributed by atoms with Gasteiger partial charge in [0, 0.05) is 0 Å². The summed E-state index contributed by atoms with van der Waals surface area (Å²) in [6.07, 6.45) is 0. The molecule has 6 nitrogen and oxygen atoms in total. The van der Waals surface area contributed by atoms with E-state index in [9.17, 15) is 9.59 Å². The van der Waals surface area contributed by atoms with E-state index in [4.69, 9.17) is 14.3 Å². The molecule has 0 amide bonds. The lowest BCUT2D eigenvalue weighted by atomic mass is 10.3. The van der Waals surface area contributed by atoms with Crippen LogP contribution in [0.1, 0.15) is 30.2 Å². The quantitative estimate of drug-likeness (QED) is 0.723. The number of carboxylic acid groups (broad SMARTS) is 1. The fraction of sp³-hybridized carbons (Fsp3) is 0.455. The highest BCUT2D eigenvalue weighted by atomic mass is 16.5. The van der Waals surface area contributed by atoms with Gasteiger partial charge in [0.2, 0.25) is 5.76 Å². The molecule has 17 heavy (non-hydrogen) atoms. The van der Waals surface area contributed by atoms with Gasteiger partial charge >= 0.3 is 11.9 Å². The average molecular weight is 241 g/mol. The van der Waals surface area contributed by atoms with E-state index in [1.54, 1.807) is 19.9 Å². The van der Waals surface area contributed by atoms with Crippen LogP contribution in [-0.4, -0.2) is 29.7 Å². The SMILES string of the molecule is CCOC(=O)C(C)NCc1ccc(C(=O)O)o1. The van der Waals surface area contributed by atoms with Gasteiger partial charge < -0.3 is 14.3 Å². The monoisotopic (exact) mass is 241 g/mol. The Labute approximate surface area is 98.6 Å². The normalized spacial score (nSPS) is 12.1. The van der Waals surface area contributed by atoms with Gasteiger partial charge in [-0.1, -0.05) is 0 Å². The lowest BCUT2D eigenvalue weighted by Crippen LogP contribution is -2.34. The highest BCUT2D eigenvalue weighted by Crippen LogP contribution is 2.07. The van der Waals surface area contributed by atoms with Crippen molar-refractivity contribution >= 4 is 11.9 Å². The van der Waals surface area contributed by atoms with Crippen molar-refractivity contribution in [3.63, 3.8) is 0 Å². The number of esters is 1. The molecule has 0 radical (unpaired) electrons. The molecule has 0 aliphatic rings. The summed E-state index contributed by atoms with van der Waals surface area (Å²) in [7, 11) is 0. The Bertz CT molecular complexity index is 398. The molecule has 0 aliphatic heterocycles. The van der Waals surface area contributed by atoms with Gasteiger partial charge in [-0.15, -0.1) is 0 Å². The zero-order valence-electron chi connectivity index (χ0n) is 9.73. The standard InChI is InChI=1S/C11H15NO5/c1-3-16-11(15)7(2)12-6-8-4-5-9(17-8)10(13)14/h4-5,7,12H,3,6H2,1-2H3,(H,13,14). The van der Waals surface area contributed by atoms with Gasteiger partial charge in [0.1, 0.15) is 11.8 Å². The molecule has 1 unspecified atom stereocenters. The molecule has 1 heterocycles. The van der Waals surface area contributed by atoms with Crippen molar-refractivity contribution in [3.8, 4) is 0 Å². The summed E-state index contributed by atoms with van der Waals surface area (Å²) in [5.41, 5.74) is 0. The van der Waals surface area contributed by atoms with E-state index in [1.807, 2.05) is 0 Å². The fourth-order valence-corrected chi connectivity index (χ4v) is 1.19. The Kier molecular flexibility index (Phi) is 4.71. The number of aromatic carboxylic acids is 1. The number of rotatable bonds is 6. The first-order valence-corrected chi connectivity index (χ1v) is 5.26. The maximum Gasteiger partial charge on any atom is 0.371 e. The van der Waals surface area contributed by atoms with Crippen molar-refractivity contribution < 1.29 is 23.8 Å². The molecular formula is C11H15NO5. The number of nitrogens with one attached hydrogen (secondary N) is 1. The minimum Gasteiger partial charge on any atom is -0.475 e. The maximum atomic E-state index is 11.3. The van der Waals surface area contributed by atoms with E-state index < -0.39 is 12.0 Å². The predicted octanol–water partition coefficient (Wildman–Crippen LogP) is 1.02. The van der Waals surface area contributed by atoms with E-state index in [0.29, 0.717) is 12.4 Å². The highest BCUT2D eigenvalue weighted by Gasteiger charge is 2.14. The van der Waals surface area contributed by atoms with Crippen molar-refractivity contribution in [1.29, 1.82) is 0 Å². The average Bonchev–Trinajstić information content (AvgIpc) is 2.75. The molecule has 0 aromatic carbocycles. The first kappa shape index (κ1) is 13.2. The number of hydrogen-bond acceptors (Lipinski definition) is 5. The fourth-order valence-electron chi connectivity index (χ4n) is 1.19. The second-order valence-electron chi connectivity index (χ2n) is 3.43. The molecule has 1 atom stereocenters. The molecule has 0 spiro atoms. The van der Waals surface area contributed by atoms with Gasteiger partial charge in [-0.25, -0.2) is 4.79 Å². The molecule has 0 aliphatic carbocycles. The minimum atomic E-state index is -1.12. The molecule has 1 aromatic heterocycles. The zero-order valence-corrected chi connectivity index (χ0v) is 9.73. The third kappa shape index (κ3) is 3.92. The number of carbonyl (C=O) groups is 2. The summed E-state index contributed by atoms with van der Waals surface area (Å²) in [5, 5.41) is 11.5. The van der Waals surface area contributed by atoms with Crippen LogP contribution in [0.4, 0.5) is 0 Å². The molecular weight excluding hydrogens is 226 g/mol. The van der Waals surface area contributed by atoms with E-state index in [2.05, 4.69) is 5.32 Å². The van der Waals surface area contributed by atoms with E-state index in [1.165, 1.54) is 6.07 Å². The summed E-state index contributed by atoms with van der Waals surface area (Å²) in [6, 6.07) is 2.45. The molecule has 1 aromatic rings. The number of carbonyl (C=O) groups excluding carboxylic acids is 1. The van der Waals surface area contributed by atoms with Crippen molar-refractivity contribution in [2.75, 3.05) is 6.61 Å². The Morgan fingerprint density at radius 1 is 1.53 bits per heavy atom. The molecule has 0 saturated heterocycles. The summed E-state index contributed by atoms with van der Waals surface area (Å²) in [6.45, 7) is 4.00. The lowest BCUT2D eigenvalue weighted by molar-refractivity contribution is -0.145. The van der Waals surface area contributed by atoms with Crippen molar-refractivity contribution in [2.24, 2.45) is 0 Å². The predicted molar refractivity (Wildman–Crippen MR) is 58.6 cm³/mol. The van der Waals surface area contributed by atoms with Gasteiger partial charge in [-0.05, 0) is 26.0 Å². The maximum absolute atomic E-state index is 11.3. The number of furan rings is 1. The lowest BCUT2D eigenvalue weighted by Gasteiger charge is -2.10. The molecule has 94 valence electrons. The first-order valence-electron chi connectivity index (χ1n) is 5.26. The largest absolute Gasteiger partial charge is 0.475 e. The van der Waals surface area contributed by atoms with Gasteiger partial charge in [-0.3, -0.25) is 10.1 Å². The topological polar surface area (TPSA) is 88.8 Å². The smallest absolute Gasteiger partial charge is 0.371 e. The van der Waals surface area contributed by atoms with Gasteiger partial charge in [0.15, 0.2) is 0 Å². The Morgan fingerprint density at radius 3 is 2.76 bits per heavy atom. The van der Waals surface area contributed by atoms with Crippen LogP contribution in [0, 0.1) is 0 Å². The van der Waals surface area contributed by atoms with Crippen LogP contribution < -0.4 is 5.32 Å². The zero-order chi connectivity index (χ0) is 12.8. The van der Waals surface area contributed by atoms with E-state index >= 15 is 0 Å². The van der Waals surface area contributed by atoms with Gasteiger partial charge in [0.05, 0.1) is 13.2 Å². The van der Waals surface area contributed by atoms with Crippen molar-refractivity contribution in [2.45, 2.75) is 26.4 Å². The van der Waals surface area contributed by atoms with Crippen LogP contribution >= 0.6 is 0 Å². The molecule has 1 rings (SSSR count). The molecule has 2 N–H and O–H groups in total. The Morgan fingerprint density at radius 2 is 2.24 bits per heavy atom. The van der Waals surface area contributed by atoms with Gasteiger partial charge in [0.25, 0.3) is 0 Å². The summed E-state index contributed by atoms with van der Waals surface area (Å²) in [4.78, 5) is 21.8. The highest BCUT2D eigenvalue weighted by molar-refractivity contribution is 5.84. The van der Waals surface area contributed by atoms with Gasteiger partial charge in [-0.2, -0.15) is 0 Å². The van der Waals surface area contributed by atoms with Crippen LogP contribution in [0.2, 0.25) is 0 Å². The molecule has 0 bridgehead atoms. The van der Waals surface area contributed by atoms with Crippen molar-refractivity contribution in [1.82, 2.24) is 5.32 Å². The Balaban J connectivity index is 2.44. The number of hydrogen-bond donors (Lipinski definition) is 2. The van der Waals surface area contributed by atoms with Crippen molar-refractivity contribution in [3.05, 3.63) is 23.7 Å². The summed E-state index contributed by atoms with van der Waals surface area (Å²) in [5.74, 6) is -1.13. The summed E-state index contributed by atoms with van der Waals surface area (Å²) >= 11 is 0. The van der Waals surface area contributed by atoms with Crippen LogP contribution in [0.15, 0.2) is 16.5 Å². The van der Waals surface area contributed by atoms with Crippen LogP contribution in [0.5, 0.6) is 0 Å². The number of ether oxygens (including phenoxy) is 1. The van der Waals surface area contributed by atoms with E-state index in [0.717, 1.165) is 0 Å². The third-order valence-electron chi connectivity index (χ3n) is 2.10. The van der Waals surface area contributed by atoms with Crippen LogP contribution in [0.25, 0.3) is 0 Å². The second-order valence-corrected chi connectivity index (χ2v) is 3.43.